The van der Waals surface area contributed by atoms with E-state index in [1.165, 1.54) is 0 Å². The predicted octanol–water partition coefficient (Wildman–Crippen LogP) is 1.83. The van der Waals surface area contributed by atoms with Gasteiger partial charge in [-0.2, -0.15) is 13.2 Å². The monoisotopic (exact) mass is 168 g/mol. The molecule has 0 saturated heterocycles. The van der Waals surface area contributed by atoms with Crippen molar-refractivity contribution in [2.45, 2.75) is 12.6 Å². The molecule has 0 fully saturated rings. The molecule has 0 radical (unpaired) electrons. The van der Waals surface area contributed by atoms with E-state index >= 15 is 0 Å². The molecule has 0 aliphatic heterocycles. The zero-order chi connectivity index (χ0) is 9.07. The quantitative estimate of drug-likeness (QED) is 0.652. The first-order chi connectivity index (χ1) is 4.89. The van der Waals surface area contributed by atoms with Gasteiger partial charge in [0.25, 0.3) is 0 Å². The Hall–Kier alpha value is -1.00. The lowest BCUT2D eigenvalue weighted by Crippen LogP contribution is -2.29. The van der Waals surface area contributed by atoms with Crippen LogP contribution in [-0.2, 0) is 4.79 Å². The summed E-state index contributed by atoms with van der Waals surface area (Å²) in [5.74, 6) is -4.18. The van der Waals surface area contributed by atoms with Gasteiger partial charge in [-0.3, -0.25) is 4.79 Å². The molecule has 0 rings (SSSR count). The van der Waals surface area contributed by atoms with Crippen molar-refractivity contribution in [1.82, 2.24) is 0 Å². The van der Waals surface area contributed by atoms with Gasteiger partial charge in [0.05, 0.1) is 0 Å². The van der Waals surface area contributed by atoms with E-state index in [-0.39, 0.29) is 0 Å². The number of halogens is 3. The summed E-state index contributed by atoms with van der Waals surface area (Å²) < 4.78 is 35.2. The van der Waals surface area contributed by atoms with Crippen LogP contribution in [0.25, 0.3) is 0 Å². The Morgan fingerprint density at radius 3 is 2.18 bits per heavy atom. The van der Waals surface area contributed by atoms with Crippen LogP contribution in [0.3, 0.4) is 0 Å². The van der Waals surface area contributed by atoms with Crippen LogP contribution in [-0.4, -0.2) is 17.3 Å². The first kappa shape index (κ1) is 10.0. The number of carboxylic acids is 1. The summed E-state index contributed by atoms with van der Waals surface area (Å²) in [5.41, 5.74) is 0. The lowest BCUT2D eigenvalue weighted by molar-refractivity contribution is -0.192. The second-order valence-corrected chi connectivity index (χ2v) is 1.96. The van der Waals surface area contributed by atoms with Crippen LogP contribution in [0.5, 0.6) is 0 Å². The summed E-state index contributed by atoms with van der Waals surface area (Å²) in [5, 5.41) is 8.07. The van der Waals surface area contributed by atoms with Crippen molar-refractivity contribution in [1.29, 1.82) is 0 Å². The SMILES string of the molecule is C=CCC(C(=O)O)C(F)(F)F. The maximum absolute atomic E-state index is 11.7. The molecule has 0 spiro atoms. The molecule has 5 heteroatoms. The average Bonchev–Trinajstić information content (AvgIpc) is 1.79. The molecule has 0 bridgehead atoms. The van der Waals surface area contributed by atoms with Crippen molar-refractivity contribution < 1.29 is 23.1 Å². The molecule has 0 aliphatic rings. The molecule has 0 saturated carbocycles. The average molecular weight is 168 g/mol. The molecule has 0 amide bonds. The van der Waals surface area contributed by atoms with Gasteiger partial charge in [0, 0.05) is 0 Å². The minimum absolute atomic E-state index is 0.584. The summed E-state index contributed by atoms with van der Waals surface area (Å²) in [7, 11) is 0. The van der Waals surface area contributed by atoms with Crippen LogP contribution < -0.4 is 0 Å². The Morgan fingerprint density at radius 2 is 2.09 bits per heavy atom. The van der Waals surface area contributed by atoms with Gasteiger partial charge >= 0.3 is 12.1 Å². The van der Waals surface area contributed by atoms with E-state index in [0.717, 1.165) is 6.08 Å². The molecule has 1 unspecified atom stereocenters. The molecule has 0 heterocycles. The lowest BCUT2D eigenvalue weighted by atomic mass is 10.1. The molecular formula is C6H7F3O2. The van der Waals surface area contributed by atoms with E-state index in [4.69, 9.17) is 5.11 Å². The molecule has 64 valence electrons. The smallest absolute Gasteiger partial charge is 0.402 e. The largest absolute Gasteiger partial charge is 0.481 e. The number of hydrogen-bond donors (Lipinski definition) is 1. The lowest BCUT2D eigenvalue weighted by Gasteiger charge is -2.13. The number of allylic oxidation sites excluding steroid dienone is 1. The fourth-order valence-electron chi connectivity index (χ4n) is 0.541. The minimum Gasteiger partial charge on any atom is -0.481 e. The Morgan fingerprint density at radius 1 is 1.64 bits per heavy atom. The van der Waals surface area contributed by atoms with E-state index in [2.05, 4.69) is 6.58 Å². The van der Waals surface area contributed by atoms with E-state index < -0.39 is 24.5 Å². The fraction of sp³-hybridized carbons (Fsp3) is 0.500. The number of aliphatic carboxylic acids is 1. The summed E-state index contributed by atoms with van der Waals surface area (Å²) >= 11 is 0. The van der Waals surface area contributed by atoms with Gasteiger partial charge in [-0.1, -0.05) is 6.08 Å². The highest BCUT2D eigenvalue weighted by Gasteiger charge is 2.43. The minimum atomic E-state index is -4.68. The molecule has 0 aromatic heterocycles. The Balaban J connectivity index is 4.34. The fourth-order valence-corrected chi connectivity index (χ4v) is 0.541. The topological polar surface area (TPSA) is 37.3 Å². The van der Waals surface area contributed by atoms with Gasteiger partial charge in [-0.15, -0.1) is 6.58 Å². The van der Waals surface area contributed by atoms with Crippen molar-refractivity contribution in [3.8, 4) is 0 Å². The van der Waals surface area contributed by atoms with E-state index in [1.807, 2.05) is 0 Å². The zero-order valence-corrected chi connectivity index (χ0v) is 5.56. The van der Waals surface area contributed by atoms with Gasteiger partial charge in [0.15, 0.2) is 5.92 Å². The third-order valence-electron chi connectivity index (χ3n) is 1.10. The van der Waals surface area contributed by atoms with Crippen LogP contribution in [0.2, 0.25) is 0 Å². The van der Waals surface area contributed by atoms with Crippen LogP contribution in [0.15, 0.2) is 12.7 Å². The van der Waals surface area contributed by atoms with Crippen molar-refractivity contribution in [3.63, 3.8) is 0 Å². The second-order valence-electron chi connectivity index (χ2n) is 1.96. The van der Waals surface area contributed by atoms with Crippen LogP contribution in [0.1, 0.15) is 6.42 Å². The van der Waals surface area contributed by atoms with Crippen molar-refractivity contribution in [2.75, 3.05) is 0 Å². The molecule has 0 aliphatic carbocycles. The Bertz CT molecular complexity index is 162. The number of carboxylic acid groups (broad SMARTS) is 1. The summed E-state index contributed by atoms with van der Waals surface area (Å²) in [6.07, 6.45) is -4.33. The van der Waals surface area contributed by atoms with Crippen molar-refractivity contribution >= 4 is 5.97 Å². The molecule has 0 aromatic rings. The van der Waals surface area contributed by atoms with Crippen LogP contribution in [0, 0.1) is 5.92 Å². The van der Waals surface area contributed by atoms with Crippen LogP contribution in [0.4, 0.5) is 13.2 Å². The highest BCUT2D eigenvalue weighted by Crippen LogP contribution is 2.28. The number of carbonyl (C=O) groups is 1. The second kappa shape index (κ2) is 3.41. The van der Waals surface area contributed by atoms with E-state index in [9.17, 15) is 18.0 Å². The van der Waals surface area contributed by atoms with Gasteiger partial charge in [-0.05, 0) is 6.42 Å². The zero-order valence-electron chi connectivity index (χ0n) is 5.56. The summed E-state index contributed by atoms with van der Waals surface area (Å²) in [6, 6.07) is 0. The Kier molecular flexibility index (Phi) is 3.10. The standard InChI is InChI=1S/C6H7F3O2/c1-2-3-4(5(10)11)6(7,8)9/h2,4H,1,3H2,(H,10,11). The Labute approximate surface area is 61.3 Å². The maximum atomic E-state index is 11.7. The first-order valence-electron chi connectivity index (χ1n) is 2.80. The van der Waals surface area contributed by atoms with Gasteiger partial charge in [0.2, 0.25) is 0 Å². The van der Waals surface area contributed by atoms with Gasteiger partial charge in [0.1, 0.15) is 0 Å². The van der Waals surface area contributed by atoms with E-state index in [1.54, 1.807) is 0 Å². The van der Waals surface area contributed by atoms with Gasteiger partial charge in [-0.25, -0.2) is 0 Å². The molecular weight excluding hydrogens is 161 g/mol. The first-order valence-corrected chi connectivity index (χ1v) is 2.80. The summed E-state index contributed by atoms with van der Waals surface area (Å²) in [6.45, 7) is 3.03. The normalized spacial score (nSPS) is 14.1. The summed E-state index contributed by atoms with van der Waals surface area (Å²) in [4.78, 5) is 9.97. The number of alkyl halides is 3. The molecule has 11 heavy (non-hydrogen) atoms. The molecule has 1 N–H and O–H groups in total. The van der Waals surface area contributed by atoms with Crippen molar-refractivity contribution in [3.05, 3.63) is 12.7 Å². The highest BCUT2D eigenvalue weighted by molar-refractivity contribution is 5.71. The molecule has 1 atom stereocenters. The third kappa shape index (κ3) is 3.06. The van der Waals surface area contributed by atoms with E-state index in [0.29, 0.717) is 0 Å². The number of hydrogen-bond acceptors (Lipinski definition) is 1. The molecule has 2 nitrogen and oxygen atoms in total. The highest BCUT2D eigenvalue weighted by atomic mass is 19.4. The van der Waals surface area contributed by atoms with Gasteiger partial charge < -0.3 is 5.11 Å². The predicted molar refractivity (Wildman–Crippen MR) is 32.0 cm³/mol. The van der Waals surface area contributed by atoms with Crippen molar-refractivity contribution in [2.24, 2.45) is 5.92 Å². The third-order valence-corrected chi connectivity index (χ3v) is 1.10. The van der Waals surface area contributed by atoms with Crippen LogP contribution >= 0.6 is 0 Å². The maximum Gasteiger partial charge on any atom is 0.402 e. The molecule has 0 aromatic carbocycles. The number of rotatable bonds is 3.